The number of nitrogens with zero attached hydrogens (tertiary/aromatic N) is 4. The van der Waals surface area contributed by atoms with Gasteiger partial charge in [-0.15, -0.1) is 0 Å². The van der Waals surface area contributed by atoms with E-state index in [0.717, 1.165) is 16.5 Å². The minimum Gasteiger partial charge on any atom is -0.383 e. The van der Waals surface area contributed by atoms with E-state index in [0.29, 0.717) is 25.4 Å². The summed E-state index contributed by atoms with van der Waals surface area (Å²) in [6.45, 7) is 1.71. The van der Waals surface area contributed by atoms with Gasteiger partial charge in [-0.3, -0.25) is 14.2 Å². The number of nitrogens with one attached hydrogen (secondary N) is 1. The molecule has 0 fully saturated rings. The van der Waals surface area contributed by atoms with Crippen molar-refractivity contribution in [2.24, 2.45) is 7.05 Å². The highest BCUT2D eigenvalue weighted by Gasteiger charge is 2.15. The van der Waals surface area contributed by atoms with Gasteiger partial charge < -0.3 is 10.1 Å². The number of carbonyl (C=O) groups excluding carboxylic acids is 1. The average molecular weight is 313 g/mol. The van der Waals surface area contributed by atoms with Crippen LogP contribution in [0.5, 0.6) is 0 Å². The molecule has 7 heteroatoms. The Balaban J connectivity index is 1.68. The Bertz CT molecular complexity index is 821. The van der Waals surface area contributed by atoms with Crippen molar-refractivity contribution in [3.8, 4) is 0 Å². The Morgan fingerprint density at radius 3 is 3.00 bits per heavy atom. The van der Waals surface area contributed by atoms with Crippen molar-refractivity contribution in [3.63, 3.8) is 0 Å². The van der Waals surface area contributed by atoms with E-state index in [4.69, 9.17) is 4.74 Å². The van der Waals surface area contributed by atoms with Gasteiger partial charge in [0.25, 0.3) is 5.91 Å². The second kappa shape index (κ2) is 6.62. The maximum Gasteiger partial charge on any atom is 0.272 e. The number of methoxy groups -OCH3 is 1. The molecule has 2 aromatic heterocycles. The van der Waals surface area contributed by atoms with Gasteiger partial charge in [0, 0.05) is 37.8 Å². The van der Waals surface area contributed by atoms with Crippen LogP contribution in [0, 0.1) is 0 Å². The normalized spacial score (nSPS) is 11.0. The van der Waals surface area contributed by atoms with Gasteiger partial charge >= 0.3 is 0 Å². The summed E-state index contributed by atoms with van der Waals surface area (Å²) in [6, 6.07) is 7.68. The molecule has 0 aliphatic heterocycles. The maximum atomic E-state index is 12.4. The smallest absolute Gasteiger partial charge is 0.272 e. The molecule has 1 amide bonds. The molecule has 3 rings (SSSR count). The fraction of sp³-hybridized carbons (Fsp3) is 0.312. The summed E-state index contributed by atoms with van der Waals surface area (Å²) in [4.78, 5) is 12.4. The molecule has 0 saturated carbocycles. The average Bonchev–Trinajstić information content (AvgIpc) is 3.16. The Kier molecular flexibility index (Phi) is 4.38. The van der Waals surface area contributed by atoms with Gasteiger partial charge in [-0.05, 0) is 6.07 Å². The Morgan fingerprint density at radius 2 is 2.17 bits per heavy atom. The standard InChI is InChI=1S/C16H19N5O2/c1-20-14-6-4-3-5-13(14)15(19-20)16(22)17-9-12-10-18-21(11-12)7-8-23-2/h3-6,10-11H,7-9H2,1-2H3,(H,17,22). The first-order valence-corrected chi connectivity index (χ1v) is 7.39. The van der Waals surface area contributed by atoms with Gasteiger partial charge in [0.1, 0.15) is 0 Å². The van der Waals surface area contributed by atoms with E-state index < -0.39 is 0 Å². The minimum absolute atomic E-state index is 0.188. The fourth-order valence-corrected chi connectivity index (χ4v) is 2.45. The number of para-hydroxylation sites is 1. The lowest BCUT2D eigenvalue weighted by Gasteiger charge is -2.01. The summed E-state index contributed by atoms with van der Waals surface area (Å²) in [6.07, 6.45) is 3.64. The first-order chi connectivity index (χ1) is 11.2. The third-order valence-electron chi connectivity index (χ3n) is 3.64. The molecular formula is C16H19N5O2. The first-order valence-electron chi connectivity index (χ1n) is 7.39. The summed E-state index contributed by atoms with van der Waals surface area (Å²) >= 11 is 0. The molecule has 23 heavy (non-hydrogen) atoms. The number of ether oxygens (including phenoxy) is 1. The fourth-order valence-electron chi connectivity index (χ4n) is 2.45. The van der Waals surface area contributed by atoms with Gasteiger partial charge in [-0.1, -0.05) is 18.2 Å². The van der Waals surface area contributed by atoms with Crippen molar-refractivity contribution >= 4 is 16.8 Å². The molecule has 2 heterocycles. The van der Waals surface area contributed by atoms with E-state index in [1.807, 2.05) is 37.5 Å². The monoisotopic (exact) mass is 313 g/mol. The molecule has 120 valence electrons. The van der Waals surface area contributed by atoms with Crippen molar-refractivity contribution in [2.75, 3.05) is 13.7 Å². The molecule has 0 aliphatic carbocycles. The second-order valence-corrected chi connectivity index (χ2v) is 5.28. The number of hydrogen-bond acceptors (Lipinski definition) is 4. The van der Waals surface area contributed by atoms with E-state index in [2.05, 4.69) is 15.5 Å². The van der Waals surface area contributed by atoms with Crippen LogP contribution in [0.1, 0.15) is 16.1 Å². The molecular weight excluding hydrogens is 294 g/mol. The minimum atomic E-state index is -0.188. The number of carbonyl (C=O) groups is 1. The van der Waals surface area contributed by atoms with Gasteiger partial charge in [-0.2, -0.15) is 10.2 Å². The number of rotatable bonds is 6. The zero-order valence-electron chi connectivity index (χ0n) is 13.2. The molecule has 3 aromatic rings. The van der Waals surface area contributed by atoms with Crippen LogP contribution in [0.25, 0.3) is 10.9 Å². The number of aryl methyl sites for hydroxylation is 1. The number of hydrogen-bond donors (Lipinski definition) is 1. The Hall–Kier alpha value is -2.67. The number of aromatic nitrogens is 4. The largest absolute Gasteiger partial charge is 0.383 e. The van der Waals surface area contributed by atoms with E-state index in [1.165, 1.54) is 0 Å². The highest BCUT2D eigenvalue weighted by atomic mass is 16.5. The van der Waals surface area contributed by atoms with Crippen LogP contribution < -0.4 is 5.32 Å². The van der Waals surface area contributed by atoms with Gasteiger partial charge in [0.15, 0.2) is 5.69 Å². The van der Waals surface area contributed by atoms with E-state index in [-0.39, 0.29) is 5.91 Å². The topological polar surface area (TPSA) is 74.0 Å². The zero-order valence-corrected chi connectivity index (χ0v) is 13.2. The second-order valence-electron chi connectivity index (χ2n) is 5.28. The summed E-state index contributed by atoms with van der Waals surface area (Å²) in [5.74, 6) is -0.188. The lowest BCUT2D eigenvalue weighted by Crippen LogP contribution is -2.23. The Labute approximate surface area is 133 Å². The summed E-state index contributed by atoms with van der Waals surface area (Å²) in [5, 5.41) is 12.3. The molecule has 1 aromatic carbocycles. The van der Waals surface area contributed by atoms with E-state index in [1.54, 1.807) is 22.7 Å². The number of benzene rings is 1. The molecule has 0 radical (unpaired) electrons. The van der Waals surface area contributed by atoms with Crippen LogP contribution in [-0.2, 0) is 24.9 Å². The predicted octanol–water partition coefficient (Wildman–Crippen LogP) is 1.35. The summed E-state index contributed by atoms with van der Waals surface area (Å²) in [7, 11) is 3.49. The van der Waals surface area contributed by atoms with Gasteiger partial charge in [0.05, 0.1) is 24.9 Å². The molecule has 7 nitrogen and oxygen atoms in total. The van der Waals surface area contributed by atoms with E-state index >= 15 is 0 Å². The van der Waals surface area contributed by atoms with Gasteiger partial charge in [0.2, 0.25) is 0 Å². The van der Waals surface area contributed by atoms with Gasteiger partial charge in [-0.25, -0.2) is 0 Å². The molecule has 0 atom stereocenters. The van der Waals surface area contributed by atoms with Crippen LogP contribution in [-0.4, -0.2) is 39.2 Å². The first kappa shape index (κ1) is 15.2. The maximum absolute atomic E-state index is 12.4. The molecule has 0 unspecified atom stereocenters. The highest BCUT2D eigenvalue weighted by molar-refractivity contribution is 6.04. The third-order valence-corrected chi connectivity index (χ3v) is 3.64. The van der Waals surface area contributed by atoms with E-state index in [9.17, 15) is 4.79 Å². The number of fused-ring (bicyclic) bond motifs is 1. The summed E-state index contributed by atoms with van der Waals surface area (Å²) in [5.41, 5.74) is 2.31. The van der Waals surface area contributed by atoms with Crippen molar-refractivity contribution in [1.82, 2.24) is 24.9 Å². The van der Waals surface area contributed by atoms with Crippen LogP contribution in [0.15, 0.2) is 36.7 Å². The van der Waals surface area contributed by atoms with Crippen molar-refractivity contribution in [3.05, 3.63) is 47.9 Å². The van der Waals surface area contributed by atoms with Crippen LogP contribution in [0.4, 0.5) is 0 Å². The third kappa shape index (κ3) is 3.24. The molecule has 1 N–H and O–H groups in total. The van der Waals surface area contributed by atoms with Crippen LogP contribution in [0.3, 0.4) is 0 Å². The highest BCUT2D eigenvalue weighted by Crippen LogP contribution is 2.17. The number of amides is 1. The van der Waals surface area contributed by atoms with Crippen molar-refractivity contribution < 1.29 is 9.53 Å². The Morgan fingerprint density at radius 1 is 1.35 bits per heavy atom. The van der Waals surface area contributed by atoms with Crippen molar-refractivity contribution in [2.45, 2.75) is 13.1 Å². The quantitative estimate of drug-likeness (QED) is 0.745. The summed E-state index contributed by atoms with van der Waals surface area (Å²) < 4.78 is 8.52. The molecule has 0 saturated heterocycles. The molecule has 0 spiro atoms. The SMILES string of the molecule is COCCn1cc(CNC(=O)c2nn(C)c3ccccc23)cn1. The van der Waals surface area contributed by atoms with Crippen LogP contribution >= 0.6 is 0 Å². The molecule has 0 bridgehead atoms. The molecule has 0 aliphatic rings. The zero-order chi connectivity index (χ0) is 16.2. The van der Waals surface area contributed by atoms with Crippen molar-refractivity contribution in [1.29, 1.82) is 0 Å². The lowest BCUT2D eigenvalue weighted by atomic mass is 10.2. The van der Waals surface area contributed by atoms with Crippen LogP contribution in [0.2, 0.25) is 0 Å². The predicted molar refractivity (Wildman–Crippen MR) is 86.0 cm³/mol. The lowest BCUT2D eigenvalue weighted by molar-refractivity contribution is 0.0946.